The van der Waals surface area contributed by atoms with Crippen molar-refractivity contribution < 1.29 is 4.74 Å². The highest BCUT2D eigenvalue weighted by Gasteiger charge is 2.17. The van der Waals surface area contributed by atoms with E-state index in [0.717, 1.165) is 23.0 Å². The van der Waals surface area contributed by atoms with E-state index in [2.05, 4.69) is 40.1 Å². The Kier molecular flexibility index (Phi) is 7.85. The molecular formula is C18H30N4OS. The van der Waals surface area contributed by atoms with Crippen molar-refractivity contribution in [2.75, 3.05) is 31.0 Å². The van der Waals surface area contributed by atoms with Gasteiger partial charge in [-0.1, -0.05) is 19.8 Å². The molecule has 24 heavy (non-hydrogen) atoms. The van der Waals surface area contributed by atoms with Crippen LogP contribution in [0.4, 0.5) is 5.82 Å². The SMILES string of the molecule is CCCCSCCCCC(COC)n1cnc2c(N)ncc(C)c21. The van der Waals surface area contributed by atoms with Crippen LogP contribution in [0.25, 0.3) is 11.0 Å². The van der Waals surface area contributed by atoms with Crippen LogP contribution in [0.15, 0.2) is 12.5 Å². The molecule has 2 rings (SSSR count). The fraction of sp³-hybridized carbons (Fsp3) is 0.667. The van der Waals surface area contributed by atoms with Gasteiger partial charge in [0, 0.05) is 13.3 Å². The summed E-state index contributed by atoms with van der Waals surface area (Å²) in [6.07, 6.45) is 9.87. The molecule has 0 aliphatic rings. The highest BCUT2D eigenvalue weighted by atomic mass is 32.2. The molecule has 2 aromatic heterocycles. The van der Waals surface area contributed by atoms with Crippen LogP contribution in [0, 0.1) is 6.92 Å². The number of hydrogen-bond acceptors (Lipinski definition) is 5. The van der Waals surface area contributed by atoms with E-state index in [9.17, 15) is 0 Å². The van der Waals surface area contributed by atoms with E-state index < -0.39 is 0 Å². The van der Waals surface area contributed by atoms with Gasteiger partial charge in [-0.2, -0.15) is 11.8 Å². The minimum absolute atomic E-state index is 0.293. The molecule has 0 radical (unpaired) electrons. The Morgan fingerprint density at radius 2 is 2.04 bits per heavy atom. The molecule has 0 bridgehead atoms. The second kappa shape index (κ2) is 9.89. The molecule has 0 aliphatic heterocycles. The number of nitrogens with zero attached hydrogens (tertiary/aromatic N) is 3. The van der Waals surface area contributed by atoms with Gasteiger partial charge in [0.2, 0.25) is 0 Å². The van der Waals surface area contributed by atoms with Gasteiger partial charge >= 0.3 is 0 Å². The zero-order chi connectivity index (χ0) is 17.4. The first-order chi connectivity index (χ1) is 11.7. The van der Waals surface area contributed by atoms with Gasteiger partial charge in [0.05, 0.1) is 24.5 Å². The normalized spacial score (nSPS) is 12.8. The number of thioether (sulfide) groups is 1. The second-order valence-corrected chi connectivity index (χ2v) is 7.47. The predicted octanol–water partition coefficient (Wildman–Crippen LogP) is 4.21. The monoisotopic (exact) mass is 350 g/mol. The number of methoxy groups -OCH3 is 1. The minimum Gasteiger partial charge on any atom is -0.383 e. The number of aryl methyl sites for hydroxylation is 1. The van der Waals surface area contributed by atoms with Gasteiger partial charge in [0.1, 0.15) is 5.52 Å². The van der Waals surface area contributed by atoms with Crippen molar-refractivity contribution in [3.63, 3.8) is 0 Å². The van der Waals surface area contributed by atoms with Crippen LogP contribution in [0.2, 0.25) is 0 Å². The molecule has 0 amide bonds. The van der Waals surface area contributed by atoms with E-state index in [1.807, 2.05) is 12.5 Å². The largest absolute Gasteiger partial charge is 0.383 e. The summed E-state index contributed by atoms with van der Waals surface area (Å²) in [5.41, 5.74) is 8.96. The molecule has 2 aromatic rings. The van der Waals surface area contributed by atoms with Crippen molar-refractivity contribution in [1.29, 1.82) is 0 Å². The Hall–Kier alpha value is -1.27. The predicted molar refractivity (Wildman–Crippen MR) is 104 cm³/mol. The number of anilines is 1. The first-order valence-electron chi connectivity index (χ1n) is 8.83. The zero-order valence-corrected chi connectivity index (χ0v) is 15.9. The van der Waals surface area contributed by atoms with E-state index in [0.29, 0.717) is 18.5 Å². The third kappa shape index (κ3) is 4.86. The number of imidazole rings is 1. The number of rotatable bonds is 11. The molecule has 5 nitrogen and oxygen atoms in total. The van der Waals surface area contributed by atoms with Crippen molar-refractivity contribution >= 4 is 28.6 Å². The molecule has 0 saturated heterocycles. The summed E-state index contributed by atoms with van der Waals surface area (Å²) in [5, 5.41) is 0. The highest BCUT2D eigenvalue weighted by Crippen LogP contribution is 2.27. The molecule has 1 unspecified atom stereocenters. The van der Waals surface area contributed by atoms with Crippen LogP contribution in [0.3, 0.4) is 0 Å². The number of hydrogen-bond donors (Lipinski definition) is 1. The molecule has 0 saturated carbocycles. The van der Waals surface area contributed by atoms with E-state index in [-0.39, 0.29) is 0 Å². The molecule has 1 atom stereocenters. The molecule has 0 aliphatic carbocycles. The Labute approximate surface area is 149 Å². The average Bonchev–Trinajstić information content (AvgIpc) is 3.02. The Balaban J connectivity index is 1.99. The quantitative estimate of drug-likeness (QED) is 0.615. The van der Waals surface area contributed by atoms with Crippen molar-refractivity contribution in [3.05, 3.63) is 18.1 Å². The first-order valence-corrected chi connectivity index (χ1v) is 9.98. The van der Waals surface area contributed by atoms with Crippen LogP contribution in [0.5, 0.6) is 0 Å². The zero-order valence-electron chi connectivity index (χ0n) is 15.1. The number of fused-ring (bicyclic) bond motifs is 1. The molecule has 0 fully saturated rings. The van der Waals surface area contributed by atoms with E-state index in [1.54, 1.807) is 7.11 Å². The lowest BCUT2D eigenvalue weighted by Gasteiger charge is -2.19. The number of pyridine rings is 1. The molecule has 2 heterocycles. The summed E-state index contributed by atoms with van der Waals surface area (Å²) >= 11 is 2.07. The standard InChI is InChI=1S/C18H30N4OS/c1-4-5-9-24-10-7-6-8-15(12-23-3)22-13-21-16-17(22)14(2)11-20-18(16)19/h11,13,15H,4-10,12H2,1-3H3,(H2,19,20). The van der Waals surface area contributed by atoms with Crippen molar-refractivity contribution in [1.82, 2.24) is 14.5 Å². The minimum atomic E-state index is 0.293. The summed E-state index contributed by atoms with van der Waals surface area (Å²) in [6, 6.07) is 0.293. The smallest absolute Gasteiger partial charge is 0.151 e. The summed E-state index contributed by atoms with van der Waals surface area (Å²) < 4.78 is 7.67. The summed E-state index contributed by atoms with van der Waals surface area (Å²) in [5.74, 6) is 3.04. The van der Waals surface area contributed by atoms with Crippen LogP contribution in [-0.4, -0.2) is 39.8 Å². The molecule has 6 heteroatoms. The molecule has 2 N–H and O–H groups in total. The van der Waals surface area contributed by atoms with Gasteiger partial charge in [-0.25, -0.2) is 9.97 Å². The molecule has 0 spiro atoms. The maximum atomic E-state index is 5.97. The number of nitrogens with two attached hydrogens (primary N) is 1. The number of aromatic nitrogens is 3. The van der Waals surface area contributed by atoms with Gasteiger partial charge in [0.15, 0.2) is 5.82 Å². The average molecular weight is 351 g/mol. The summed E-state index contributed by atoms with van der Waals surface area (Å²) in [7, 11) is 1.76. The van der Waals surface area contributed by atoms with Gasteiger partial charge in [0.25, 0.3) is 0 Å². The third-order valence-corrected chi connectivity index (χ3v) is 5.43. The van der Waals surface area contributed by atoms with E-state index in [1.165, 1.54) is 37.2 Å². The fourth-order valence-electron chi connectivity index (χ4n) is 2.93. The summed E-state index contributed by atoms with van der Waals surface area (Å²) in [4.78, 5) is 8.68. The lowest BCUT2D eigenvalue weighted by atomic mass is 10.1. The van der Waals surface area contributed by atoms with Crippen LogP contribution < -0.4 is 5.73 Å². The number of ether oxygens (including phenoxy) is 1. The fourth-order valence-corrected chi connectivity index (χ4v) is 4.04. The van der Waals surface area contributed by atoms with Gasteiger partial charge in [-0.05, 0) is 43.3 Å². The Morgan fingerprint density at radius 3 is 2.79 bits per heavy atom. The van der Waals surface area contributed by atoms with E-state index >= 15 is 0 Å². The molecule has 134 valence electrons. The number of nitrogen functional groups attached to an aromatic ring is 1. The Morgan fingerprint density at radius 1 is 1.25 bits per heavy atom. The maximum Gasteiger partial charge on any atom is 0.151 e. The van der Waals surface area contributed by atoms with E-state index in [4.69, 9.17) is 10.5 Å². The first kappa shape index (κ1) is 19.1. The molecule has 0 aromatic carbocycles. The third-order valence-electron chi connectivity index (χ3n) is 4.28. The van der Waals surface area contributed by atoms with Crippen molar-refractivity contribution in [2.45, 2.75) is 52.0 Å². The van der Waals surface area contributed by atoms with Gasteiger partial charge < -0.3 is 15.0 Å². The Bertz CT molecular complexity index is 629. The summed E-state index contributed by atoms with van der Waals surface area (Å²) in [6.45, 7) is 4.99. The second-order valence-electron chi connectivity index (χ2n) is 6.25. The lowest BCUT2D eigenvalue weighted by molar-refractivity contribution is 0.151. The molecular weight excluding hydrogens is 320 g/mol. The van der Waals surface area contributed by atoms with Gasteiger partial charge in [-0.3, -0.25) is 0 Å². The lowest BCUT2D eigenvalue weighted by Crippen LogP contribution is -2.14. The highest BCUT2D eigenvalue weighted by molar-refractivity contribution is 7.99. The van der Waals surface area contributed by atoms with Crippen molar-refractivity contribution in [3.8, 4) is 0 Å². The van der Waals surface area contributed by atoms with Crippen LogP contribution >= 0.6 is 11.8 Å². The van der Waals surface area contributed by atoms with Crippen LogP contribution in [0.1, 0.15) is 50.6 Å². The van der Waals surface area contributed by atoms with Crippen molar-refractivity contribution in [2.24, 2.45) is 0 Å². The van der Waals surface area contributed by atoms with Gasteiger partial charge in [-0.15, -0.1) is 0 Å². The van der Waals surface area contributed by atoms with Crippen LogP contribution in [-0.2, 0) is 4.74 Å². The topological polar surface area (TPSA) is 66.0 Å². The maximum absolute atomic E-state index is 5.97. The number of unbranched alkanes of at least 4 members (excludes halogenated alkanes) is 2.